The van der Waals surface area contributed by atoms with Crippen molar-refractivity contribution < 1.29 is 17.6 Å². The van der Waals surface area contributed by atoms with Gasteiger partial charge in [-0.15, -0.1) is 0 Å². The van der Waals surface area contributed by atoms with Gasteiger partial charge in [0, 0.05) is 24.2 Å². The van der Waals surface area contributed by atoms with E-state index in [1.807, 2.05) is 0 Å². The predicted molar refractivity (Wildman–Crippen MR) is 108 cm³/mol. The Morgan fingerprint density at radius 1 is 1.18 bits per heavy atom. The number of rotatable bonds is 6. The summed E-state index contributed by atoms with van der Waals surface area (Å²) >= 11 is 6.09. The first kappa shape index (κ1) is 22.3. The van der Waals surface area contributed by atoms with Gasteiger partial charge in [0.05, 0.1) is 5.02 Å². The Kier molecular flexibility index (Phi) is 6.85. The van der Waals surface area contributed by atoms with Crippen LogP contribution in [0.25, 0.3) is 0 Å². The van der Waals surface area contributed by atoms with Crippen LogP contribution in [0.1, 0.15) is 43.6 Å². The smallest absolute Gasteiger partial charge is 0.254 e. The van der Waals surface area contributed by atoms with Crippen molar-refractivity contribution in [3.05, 3.63) is 64.4 Å². The van der Waals surface area contributed by atoms with E-state index in [2.05, 4.69) is 4.72 Å². The Morgan fingerprint density at radius 3 is 2.43 bits per heavy atom. The number of hydrogen-bond acceptors (Lipinski definition) is 3. The maximum absolute atomic E-state index is 13.4. The molecule has 0 radical (unpaired) electrons. The fourth-order valence-corrected chi connectivity index (χ4v) is 4.61. The van der Waals surface area contributed by atoms with Crippen molar-refractivity contribution in [2.45, 2.75) is 44.7 Å². The molecule has 2 aromatic rings. The van der Waals surface area contributed by atoms with Crippen LogP contribution in [0, 0.1) is 5.82 Å². The minimum atomic E-state index is -3.90. The molecule has 28 heavy (non-hydrogen) atoms. The molecule has 0 atom stereocenters. The molecule has 1 N–H and O–H groups in total. The molecule has 152 valence electrons. The van der Waals surface area contributed by atoms with Gasteiger partial charge in [0.25, 0.3) is 5.91 Å². The van der Waals surface area contributed by atoms with Crippen LogP contribution in [-0.2, 0) is 16.6 Å². The van der Waals surface area contributed by atoms with Gasteiger partial charge in [-0.25, -0.2) is 17.5 Å². The molecule has 0 fully saturated rings. The van der Waals surface area contributed by atoms with Crippen molar-refractivity contribution in [2.24, 2.45) is 0 Å². The van der Waals surface area contributed by atoms with Crippen LogP contribution < -0.4 is 4.72 Å². The molecule has 0 aromatic heterocycles. The number of carbonyl (C=O) groups excluding carboxylic acids is 1. The molecule has 1 amide bonds. The normalized spacial score (nSPS) is 12.1. The van der Waals surface area contributed by atoms with Crippen molar-refractivity contribution in [1.82, 2.24) is 9.62 Å². The first-order valence-corrected chi connectivity index (χ1v) is 10.7. The quantitative estimate of drug-likeness (QED) is 0.752. The van der Waals surface area contributed by atoms with Crippen LogP contribution in [-0.4, -0.2) is 31.3 Å². The number of benzene rings is 2. The highest BCUT2D eigenvalue weighted by Gasteiger charge is 2.26. The van der Waals surface area contributed by atoms with Crippen LogP contribution in [0.5, 0.6) is 0 Å². The van der Waals surface area contributed by atoms with Gasteiger partial charge in [-0.3, -0.25) is 4.79 Å². The molecule has 0 aliphatic carbocycles. The lowest BCUT2D eigenvalue weighted by Gasteiger charge is -2.23. The van der Waals surface area contributed by atoms with E-state index in [-0.39, 0.29) is 33.8 Å². The van der Waals surface area contributed by atoms with Gasteiger partial charge in [-0.05, 0) is 63.6 Å². The molecule has 0 unspecified atom stereocenters. The molecule has 0 bridgehead atoms. The number of nitrogens with one attached hydrogen (secondary N) is 1. The SMILES string of the molecule is CCN(Cc1cccc(F)c1)C(=O)c1ccc(Cl)c(S(=O)(=O)NC(C)(C)C)c1. The minimum absolute atomic E-state index is 0.0291. The van der Waals surface area contributed by atoms with E-state index in [4.69, 9.17) is 11.6 Å². The van der Waals surface area contributed by atoms with Gasteiger partial charge < -0.3 is 4.90 Å². The molecule has 0 heterocycles. The minimum Gasteiger partial charge on any atom is -0.335 e. The molecule has 5 nitrogen and oxygen atoms in total. The Balaban J connectivity index is 2.35. The van der Waals surface area contributed by atoms with Gasteiger partial charge >= 0.3 is 0 Å². The Labute approximate surface area is 170 Å². The molecule has 0 aliphatic heterocycles. The predicted octanol–water partition coefficient (Wildman–Crippen LogP) is 4.22. The largest absolute Gasteiger partial charge is 0.335 e. The van der Waals surface area contributed by atoms with E-state index in [1.54, 1.807) is 39.8 Å². The van der Waals surface area contributed by atoms with Crippen LogP contribution in [0.15, 0.2) is 47.4 Å². The Morgan fingerprint density at radius 2 is 1.86 bits per heavy atom. The molecule has 8 heteroatoms. The molecular weight excluding hydrogens is 403 g/mol. The van der Waals surface area contributed by atoms with Gasteiger partial charge in [0.2, 0.25) is 10.0 Å². The second-order valence-electron chi connectivity index (χ2n) is 7.45. The average molecular weight is 427 g/mol. The third kappa shape index (κ3) is 5.77. The molecule has 0 saturated carbocycles. The van der Waals surface area contributed by atoms with E-state index >= 15 is 0 Å². The zero-order valence-corrected chi connectivity index (χ0v) is 17.9. The second-order valence-corrected chi connectivity index (χ2v) is 9.51. The summed E-state index contributed by atoms with van der Waals surface area (Å²) in [5, 5.41) is 0.0291. The standard InChI is InChI=1S/C20H24ClFN2O3S/c1-5-24(13-14-7-6-8-16(22)11-14)19(25)15-9-10-17(21)18(12-15)28(26,27)23-20(2,3)4/h6-12,23H,5,13H2,1-4H3. The summed E-state index contributed by atoms with van der Waals surface area (Å²) in [5.74, 6) is -0.746. The van der Waals surface area contributed by atoms with Crippen molar-refractivity contribution >= 4 is 27.5 Å². The molecule has 2 rings (SSSR count). The third-order valence-corrected chi connectivity index (χ3v) is 6.08. The second kappa shape index (κ2) is 8.59. The summed E-state index contributed by atoms with van der Waals surface area (Å²) < 4.78 is 41.2. The summed E-state index contributed by atoms with van der Waals surface area (Å²) in [6, 6.07) is 10.1. The summed E-state index contributed by atoms with van der Waals surface area (Å²) in [5.41, 5.74) is 0.137. The van der Waals surface area contributed by atoms with E-state index in [9.17, 15) is 17.6 Å². The number of amides is 1. The lowest BCUT2D eigenvalue weighted by atomic mass is 10.1. The number of hydrogen-bond donors (Lipinski definition) is 1. The zero-order chi connectivity index (χ0) is 21.1. The molecular formula is C20H24ClFN2O3S. The zero-order valence-electron chi connectivity index (χ0n) is 16.3. The molecule has 0 saturated heterocycles. The van der Waals surface area contributed by atoms with E-state index in [1.165, 1.54) is 35.2 Å². The highest BCUT2D eigenvalue weighted by molar-refractivity contribution is 7.89. The molecule has 0 aliphatic rings. The summed E-state index contributed by atoms with van der Waals surface area (Å²) in [6.45, 7) is 7.52. The van der Waals surface area contributed by atoms with E-state index < -0.39 is 15.6 Å². The van der Waals surface area contributed by atoms with E-state index in [0.717, 1.165) is 0 Å². The van der Waals surface area contributed by atoms with Crippen LogP contribution in [0.4, 0.5) is 4.39 Å². The first-order valence-electron chi connectivity index (χ1n) is 8.80. The molecule has 2 aromatic carbocycles. The third-order valence-electron chi connectivity index (χ3n) is 3.84. The van der Waals surface area contributed by atoms with Crippen LogP contribution >= 0.6 is 11.6 Å². The van der Waals surface area contributed by atoms with Crippen LogP contribution in [0.3, 0.4) is 0 Å². The Bertz CT molecular complexity index is 972. The fourth-order valence-electron chi connectivity index (χ4n) is 2.67. The lowest BCUT2D eigenvalue weighted by Crippen LogP contribution is -2.40. The highest BCUT2D eigenvalue weighted by Crippen LogP contribution is 2.25. The van der Waals surface area contributed by atoms with Gasteiger partial charge in [0.15, 0.2) is 0 Å². The number of sulfonamides is 1. The monoisotopic (exact) mass is 426 g/mol. The number of carbonyl (C=O) groups is 1. The lowest BCUT2D eigenvalue weighted by molar-refractivity contribution is 0.0752. The maximum atomic E-state index is 13.4. The Hall–Kier alpha value is -1.96. The molecule has 0 spiro atoms. The number of halogens is 2. The van der Waals surface area contributed by atoms with Crippen molar-refractivity contribution in [1.29, 1.82) is 0 Å². The van der Waals surface area contributed by atoms with Gasteiger partial charge in [-0.1, -0.05) is 23.7 Å². The summed E-state index contributed by atoms with van der Waals surface area (Å²) in [6.07, 6.45) is 0. The first-order chi connectivity index (χ1) is 12.9. The van der Waals surface area contributed by atoms with Crippen molar-refractivity contribution in [2.75, 3.05) is 6.54 Å². The fraction of sp³-hybridized carbons (Fsp3) is 0.350. The van der Waals surface area contributed by atoms with Crippen molar-refractivity contribution in [3.8, 4) is 0 Å². The maximum Gasteiger partial charge on any atom is 0.254 e. The summed E-state index contributed by atoms with van der Waals surface area (Å²) in [7, 11) is -3.90. The number of nitrogens with zero attached hydrogens (tertiary/aromatic N) is 1. The van der Waals surface area contributed by atoms with Crippen molar-refractivity contribution in [3.63, 3.8) is 0 Å². The summed E-state index contributed by atoms with van der Waals surface area (Å²) in [4.78, 5) is 14.3. The highest BCUT2D eigenvalue weighted by atomic mass is 35.5. The van der Waals surface area contributed by atoms with Crippen LogP contribution in [0.2, 0.25) is 5.02 Å². The van der Waals surface area contributed by atoms with Gasteiger partial charge in [0.1, 0.15) is 10.7 Å². The topological polar surface area (TPSA) is 66.5 Å². The average Bonchev–Trinajstić information content (AvgIpc) is 2.57. The van der Waals surface area contributed by atoms with Gasteiger partial charge in [-0.2, -0.15) is 0 Å². The van der Waals surface area contributed by atoms with E-state index in [0.29, 0.717) is 12.1 Å².